The van der Waals surface area contributed by atoms with E-state index in [2.05, 4.69) is 23.8 Å². The van der Waals surface area contributed by atoms with E-state index in [4.69, 9.17) is 10.8 Å². The fourth-order valence-corrected chi connectivity index (χ4v) is 10.7. The number of carboxylic acids is 1. The number of nitrogens with zero attached hydrogens (tertiary/aromatic N) is 3. The molecule has 11 heteroatoms. The van der Waals surface area contributed by atoms with Crippen LogP contribution in [0.4, 0.5) is 0 Å². The molecule has 5 aliphatic rings. The largest absolute Gasteiger partial charge is 0.476 e. The van der Waals surface area contributed by atoms with Gasteiger partial charge in [-0.1, -0.05) is 73.6 Å². The van der Waals surface area contributed by atoms with Gasteiger partial charge in [-0.25, -0.2) is 9.78 Å². The van der Waals surface area contributed by atoms with Gasteiger partial charge >= 0.3 is 5.97 Å². The summed E-state index contributed by atoms with van der Waals surface area (Å²) in [4.78, 5) is 74.7. The number of aliphatic hydroxyl groups is 1. The summed E-state index contributed by atoms with van der Waals surface area (Å²) in [6.07, 6.45) is 16.3. The van der Waals surface area contributed by atoms with Gasteiger partial charge in [-0.05, 0) is 85.4 Å². The second-order valence-electron chi connectivity index (χ2n) is 19.0. The summed E-state index contributed by atoms with van der Waals surface area (Å²) in [6, 6.07) is -1.14. The molecular formula is C43H66N4O7. The molecule has 0 bridgehead atoms. The lowest BCUT2D eigenvalue weighted by molar-refractivity contribution is -0.146. The molecule has 6 atom stereocenters. The molecule has 0 aromatic carbocycles. The van der Waals surface area contributed by atoms with Crippen LogP contribution in [0.2, 0.25) is 0 Å². The summed E-state index contributed by atoms with van der Waals surface area (Å²) in [5.41, 5.74) is 6.12. The number of aromatic carboxylic acids is 1. The molecule has 2 unspecified atom stereocenters. The third kappa shape index (κ3) is 8.37. The molecule has 6 rings (SSSR count). The van der Waals surface area contributed by atoms with E-state index in [1.165, 1.54) is 31.4 Å². The molecule has 1 amide bonds. The first-order valence-corrected chi connectivity index (χ1v) is 20.7. The quantitative estimate of drug-likeness (QED) is 0.177. The van der Waals surface area contributed by atoms with Gasteiger partial charge in [0.15, 0.2) is 23.0 Å². The highest BCUT2D eigenvalue weighted by Gasteiger charge is 2.85. The van der Waals surface area contributed by atoms with Crippen molar-refractivity contribution in [3.63, 3.8) is 0 Å². The molecule has 54 heavy (non-hydrogen) atoms. The third-order valence-corrected chi connectivity index (χ3v) is 14.6. The van der Waals surface area contributed by atoms with Crippen LogP contribution in [-0.2, 0) is 19.2 Å². The van der Waals surface area contributed by atoms with Gasteiger partial charge in [0, 0.05) is 49.5 Å². The topological polar surface area (TPSA) is 181 Å². The average Bonchev–Trinajstić information content (AvgIpc) is 3.95. The molecule has 0 radical (unpaired) electrons. The number of rotatable bonds is 15. The lowest BCUT2D eigenvalue weighted by atomic mass is 9.73. The third-order valence-electron chi connectivity index (χ3n) is 14.6. The summed E-state index contributed by atoms with van der Waals surface area (Å²) in [5, 5.41) is 19.4. The minimum atomic E-state index is -1.13. The zero-order chi connectivity index (χ0) is 39.6. The molecule has 2 spiro atoms. The summed E-state index contributed by atoms with van der Waals surface area (Å²) < 4.78 is 0. The minimum Gasteiger partial charge on any atom is -0.476 e. The van der Waals surface area contributed by atoms with Crippen molar-refractivity contribution in [3.05, 3.63) is 24.3 Å². The van der Waals surface area contributed by atoms with E-state index in [-0.39, 0.29) is 64.0 Å². The summed E-state index contributed by atoms with van der Waals surface area (Å²) >= 11 is 0. The fourth-order valence-electron chi connectivity index (χ4n) is 10.7. The normalized spacial score (nSPS) is 26.5. The standard InChI is InChI=1S/C38H62N2O5.C5H4N2O2/c1-7-12-26(33(44)31(43)19-24-15-16-24)20-29(41)28-22-38(36(5,6)37(38)17-11-18-37)23-40(28)34(45)27(35(2,3)4)21-30(42)32(39)25-13-9-8-10-14-25;8-5(9)4-3-6-1-2-7-4/h24-28,32-33,44H,7-23,39H2,1-6H3;1-3H,(H,8,9)/t26?,27-,28+,32+,33?,38-;/m1./s1. The van der Waals surface area contributed by atoms with Crippen molar-refractivity contribution in [1.29, 1.82) is 0 Å². The van der Waals surface area contributed by atoms with Gasteiger partial charge in [-0.15, -0.1) is 0 Å². The van der Waals surface area contributed by atoms with Crippen molar-refractivity contribution in [2.75, 3.05) is 6.54 Å². The highest BCUT2D eigenvalue weighted by atomic mass is 16.4. The highest BCUT2D eigenvalue weighted by Crippen LogP contribution is 2.88. The lowest BCUT2D eigenvalue weighted by Gasteiger charge is -2.36. The van der Waals surface area contributed by atoms with Gasteiger partial charge < -0.3 is 20.8 Å². The van der Waals surface area contributed by atoms with Crippen LogP contribution in [0, 0.1) is 45.3 Å². The molecule has 1 aliphatic heterocycles. The van der Waals surface area contributed by atoms with Crippen LogP contribution in [0.25, 0.3) is 0 Å². The van der Waals surface area contributed by atoms with Crippen LogP contribution in [-0.4, -0.2) is 79.0 Å². The molecule has 1 aromatic heterocycles. The van der Waals surface area contributed by atoms with E-state index in [1.54, 1.807) is 0 Å². The van der Waals surface area contributed by atoms with E-state index in [0.717, 1.165) is 57.8 Å². The minimum absolute atomic E-state index is 0.0301. The molecule has 5 fully saturated rings. The monoisotopic (exact) mass is 750 g/mol. The van der Waals surface area contributed by atoms with E-state index in [0.29, 0.717) is 31.7 Å². The predicted molar refractivity (Wildman–Crippen MR) is 205 cm³/mol. The van der Waals surface area contributed by atoms with Crippen LogP contribution < -0.4 is 5.73 Å². The van der Waals surface area contributed by atoms with E-state index in [9.17, 15) is 29.1 Å². The average molecular weight is 751 g/mol. The Balaban J connectivity index is 0.000000546. The number of amides is 1. The molecule has 11 nitrogen and oxygen atoms in total. The smallest absolute Gasteiger partial charge is 0.356 e. The number of ketones is 3. The highest BCUT2D eigenvalue weighted by molar-refractivity contribution is 5.95. The lowest BCUT2D eigenvalue weighted by Crippen LogP contribution is -2.49. The van der Waals surface area contributed by atoms with Crippen LogP contribution in [0.15, 0.2) is 18.6 Å². The maximum Gasteiger partial charge on any atom is 0.356 e. The van der Waals surface area contributed by atoms with Crippen molar-refractivity contribution in [3.8, 4) is 0 Å². The number of carbonyl (C=O) groups is 5. The molecule has 2 heterocycles. The van der Waals surface area contributed by atoms with Crippen molar-refractivity contribution in [2.45, 2.75) is 162 Å². The number of fused-ring (bicyclic) bond motifs is 1. The number of aliphatic hydroxyl groups excluding tert-OH is 1. The van der Waals surface area contributed by atoms with Crippen LogP contribution in [0.5, 0.6) is 0 Å². The predicted octanol–water partition coefficient (Wildman–Crippen LogP) is 6.59. The van der Waals surface area contributed by atoms with Gasteiger partial charge in [-0.2, -0.15) is 0 Å². The second kappa shape index (κ2) is 16.6. The molecule has 4 N–H and O–H groups in total. The molecule has 4 aliphatic carbocycles. The fraction of sp³-hybridized carbons (Fsp3) is 0.791. The molecule has 1 aromatic rings. The van der Waals surface area contributed by atoms with Gasteiger partial charge in [0.1, 0.15) is 6.10 Å². The molecule has 300 valence electrons. The Kier molecular flexibility index (Phi) is 12.9. The number of nitrogens with two attached hydrogens (primary N) is 1. The molecule has 4 saturated carbocycles. The zero-order valence-corrected chi connectivity index (χ0v) is 33.6. The number of Topliss-reactive ketones (excluding diaryl/α,β-unsaturated/α-hetero) is 3. The number of hydrogen-bond donors (Lipinski definition) is 3. The van der Waals surface area contributed by atoms with Crippen LogP contribution in [0.3, 0.4) is 0 Å². The number of likely N-dealkylation sites (tertiary alicyclic amines) is 1. The molecule has 1 saturated heterocycles. The first kappa shape index (κ1) is 42.1. The maximum absolute atomic E-state index is 14.7. The Morgan fingerprint density at radius 3 is 2.09 bits per heavy atom. The number of carboxylic acid groups (broad SMARTS) is 1. The van der Waals surface area contributed by atoms with E-state index in [1.807, 2.05) is 32.6 Å². The van der Waals surface area contributed by atoms with Crippen molar-refractivity contribution in [2.24, 2.45) is 51.1 Å². The van der Waals surface area contributed by atoms with Gasteiger partial charge in [0.05, 0.1) is 18.3 Å². The Labute approximate surface area is 322 Å². The molecular weight excluding hydrogens is 684 g/mol. The maximum atomic E-state index is 14.7. The Morgan fingerprint density at radius 2 is 1.61 bits per heavy atom. The Bertz CT molecular complexity index is 1530. The van der Waals surface area contributed by atoms with Crippen molar-refractivity contribution in [1.82, 2.24) is 14.9 Å². The number of hydrogen-bond acceptors (Lipinski definition) is 9. The van der Waals surface area contributed by atoms with Crippen molar-refractivity contribution < 1.29 is 34.2 Å². The van der Waals surface area contributed by atoms with Crippen LogP contribution >= 0.6 is 0 Å². The summed E-state index contributed by atoms with van der Waals surface area (Å²) in [6.45, 7) is 13.3. The second-order valence-corrected chi connectivity index (χ2v) is 19.0. The number of aromatic nitrogens is 2. The number of carbonyl (C=O) groups excluding carboxylic acids is 4. The summed E-state index contributed by atoms with van der Waals surface area (Å²) in [7, 11) is 0. The van der Waals surface area contributed by atoms with Gasteiger partial charge in [0.25, 0.3) is 0 Å². The SMILES string of the molecule is CCCC(CC(=O)[C@@H]1C[C@@]2(CN1C(=O)[C@@H](CC(=O)[C@@H](N)C1CCCCC1)C(C)(C)C)C(C)(C)C21CCC1)C(O)C(=O)CC1CC1.O=C(O)c1cnccn1. The first-order valence-electron chi connectivity index (χ1n) is 20.7. The summed E-state index contributed by atoms with van der Waals surface area (Å²) in [5.74, 6) is -1.80. The Hall–Kier alpha value is -3.05. The zero-order valence-electron chi connectivity index (χ0n) is 33.6. The van der Waals surface area contributed by atoms with E-state index < -0.39 is 41.4 Å². The van der Waals surface area contributed by atoms with Gasteiger partial charge in [-0.3, -0.25) is 24.2 Å². The van der Waals surface area contributed by atoms with Crippen molar-refractivity contribution >= 4 is 29.2 Å². The first-order chi connectivity index (χ1) is 25.4. The van der Waals surface area contributed by atoms with Gasteiger partial charge in [0.2, 0.25) is 5.91 Å². The van der Waals surface area contributed by atoms with Crippen LogP contribution in [0.1, 0.15) is 155 Å². The Morgan fingerprint density at radius 1 is 0.944 bits per heavy atom. The van der Waals surface area contributed by atoms with E-state index >= 15 is 0 Å².